The third-order valence-electron chi connectivity index (χ3n) is 8.60. The third-order valence-corrected chi connectivity index (χ3v) is 8.60. The lowest BCUT2D eigenvalue weighted by Crippen LogP contribution is -2.62. The first-order chi connectivity index (χ1) is 17.4. The zero-order chi connectivity index (χ0) is 27.8. The number of hydrogen-bond donors (Lipinski definition) is 1. The van der Waals surface area contributed by atoms with Gasteiger partial charge >= 0.3 is 5.97 Å². The second kappa shape index (κ2) is 10.9. The van der Waals surface area contributed by atoms with E-state index in [9.17, 15) is 19.5 Å². The number of allylic oxidation sites excluding steroid dienone is 1. The van der Waals surface area contributed by atoms with Gasteiger partial charge in [0.1, 0.15) is 17.6 Å². The first-order valence-electron chi connectivity index (χ1n) is 13.7. The molecule has 0 saturated carbocycles. The van der Waals surface area contributed by atoms with E-state index >= 15 is 0 Å². The van der Waals surface area contributed by atoms with Crippen LogP contribution in [0.4, 0.5) is 0 Å². The lowest BCUT2D eigenvalue weighted by Gasteiger charge is -2.44. The number of rotatable bonds is 12. The summed E-state index contributed by atoms with van der Waals surface area (Å²) in [5.41, 5.74) is -2.54. The van der Waals surface area contributed by atoms with E-state index < -0.39 is 46.6 Å². The maximum absolute atomic E-state index is 14.4. The first-order valence-corrected chi connectivity index (χ1v) is 13.7. The average molecular weight is 519 g/mol. The maximum atomic E-state index is 14.4. The molecule has 8 heteroatoms. The van der Waals surface area contributed by atoms with E-state index in [0.717, 1.165) is 6.42 Å². The molecule has 37 heavy (non-hydrogen) atoms. The van der Waals surface area contributed by atoms with E-state index in [1.807, 2.05) is 41.5 Å². The molecular weight excluding hydrogens is 472 g/mol. The Morgan fingerprint density at radius 1 is 1.27 bits per heavy atom. The summed E-state index contributed by atoms with van der Waals surface area (Å²) in [6.45, 7) is 19.4. The molecule has 8 nitrogen and oxygen atoms in total. The van der Waals surface area contributed by atoms with Crippen LogP contribution < -0.4 is 0 Å². The molecule has 3 heterocycles. The van der Waals surface area contributed by atoms with Gasteiger partial charge in [0.05, 0.1) is 30.8 Å². The molecule has 3 aliphatic heterocycles. The van der Waals surface area contributed by atoms with Gasteiger partial charge in [0, 0.05) is 12.1 Å². The minimum Gasteiger partial charge on any atom is -0.465 e. The summed E-state index contributed by atoms with van der Waals surface area (Å²) >= 11 is 0. The Morgan fingerprint density at radius 3 is 2.46 bits per heavy atom. The fraction of sp³-hybridized carbons (Fsp3) is 0.759. The van der Waals surface area contributed by atoms with Crippen molar-refractivity contribution in [3.05, 3.63) is 25.3 Å². The van der Waals surface area contributed by atoms with E-state index in [1.165, 1.54) is 0 Å². The van der Waals surface area contributed by atoms with Gasteiger partial charge in [-0.05, 0) is 58.8 Å². The number of aliphatic hydroxyl groups excluding tert-OH is 1. The number of hydrogen-bond acceptors (Lipinski definition) is 6. The molecule has 208 valence electrons. The van der Waals surface area contributed by atoms with Crippen LogP contribution in [0.15, 0.2) is 25.3 Å². The van der Waals surface area contributed by atoms with Crippen LogP contribution in [-0.2, 0) is 23.9 Å². The highest BCUT2D eigenvalue weighted by Gasteiger charge is 2.79. The van der Waals surface area contributed by atoms with Crippen molar-refractivity contribution in [3.63, 3.8) is 0 Å². The summed E-state index contributed by atoms with van der Waals surface area (Å²) in [6.07, 6.45) is 6.43. The molecule has 2 amide bonds. The summed E-state index contributed by atoms with van der Waals surface area (Å²) in [5, 5.41) is 10.4. The zero-order valence-corrected chi connectivity index (χ0v) is 23.5. The minimum atomic E-state index is -1.15. The van der Waals surface area contributed by atoms with Crippen molar-refractivity contribution in [2.45, 2.75) is 102 Å². The molecule has 0 aliphatic carbocycles. The van der Waals surface area contributed by atoms with Gasteiger partial charge in [0.2, 0.25) is 11.8 Å². The van der Waals surface area contributed by atoms with E-state index in [0.29, 0.717) is 32.2 Å². The summed E-state index contributed by atoms with van der Waals surface area (Å²) in [7, 11) is 0. The van der Waals surface area contributed by atoms with E-state index in [2.05, 4.69) is 13.2 Å². The Bertz CT molecular complexity index is 911. The predicted octanol–water partition coefficient (Wildman–Crippen LogP) is 3.48. The molecular formula is C29H46N2O6. The molecule has 3 fully saturated rings. The molecule has 2 unspecified atom stereocenters. The molecule has 3 aliphatic rings. The number of ether oxygens (including phenoxy) is 2. The highest BCUT2D eigenvalue weighted by Crippen LogP contribution is 2.65. The van der Waals surface area contributed by atoms with Gasteiger partial charge in [0.15, 0.2) is 0 Å². The van der Waals surface area contributed by atoms with Crippen molar-refractivity contribution in [2.24, 2.45) is 17.8 Å². The minimum absolute atomic E-state index is 0.108. The van der Waals surface area contributed by atoms with Crippen molar-refractivity contribution < 1.29 is 29.0 Å². The molecule has 0 aromatic carbocycles. The monoisotopic (exact) mass is 518 g/mol. The Hall–Kier alpha value is -2.19. The van der Waals surface area contributed by atoms with Gasteiger partial charge in [-0.25, -0.2) is 0 Å². The number of carbonyl (C=O) groups is 3. The van der Waals surface area contributed by atoms with Crippen molar-refractivity contribution in [1.29, 1.82) is 0 Å². The summed E-state index contributed by atoms with van der Waals surface area (Å²) < 4.78 is 12.5. The van der Waals surface area contributed by atoms with Crippen LogP contribution in [0.25, 0.3) is 0 Å². The second-order valence-electron chi connectivity index (χ2n) is 12.1. The molecule has 0 radical (unpaired) electrons. The fourth-order valence-corrected chi connectivity index (χ4v) is 6.73. The normalized spacial score (nSPS) is 31.4. The standard InChI is InChI=1S/C29H46N2O6/c1-9-12-13-17-36-26(35)22-21-24(33)31(20(18-32)19(4)5)23(25(34)30(16-10-2)27(6,7)8)29(21)15-14-28(22,11-3)37-29/h9-10,19-23,32H,1-2,11-18H2,3-8H3/t20-,21-,22+,23?,28-,29?/m0/s1. The Kier molecular flexibility index (Phi) is 8.64. The molecule has 3 saturated heterocycles. The van der Waals surface area contributed by atoms with Crippen molar-refractivity contribution in [2.75, 3.05) is 19.8 Å². The first kappa shape index (κ1) is 29.4. The number of esters is 1. The second-order valence-corrected chi connectivity index (χ2v) is 12.1. The summed E-state index contributed by atoms with van der Waals surface area (Å²) in [6, 6.07) is -1.54. The van der Waals surface area contributed by atoms with E-state index in [4.69, 9.17) is 9.47 Å². The lowest BCUT2D eigenvalue weighted by molar-refractivity contribution is -0.165. The predicted molar refractivity (Wildman–Crippen MR) is 141 cm³/mol. The van der Waals surface area contributed by atoms with Gasteiger partial charge in [-0.1, -0.05) is 32.9 Å². The van der Waals surface area contributed by atoms with Gasteiger partial charge < -0.3 is 24.4 Å². The zero-order valence-electron chi connectivity index (χ0n) is 23.5. The third kappa shape index (κ3) is 4.76. The summed E-state index contributed by atoms with van der Waals surface area (Å²) in [4.78, 5) is 45.5. The van der Waals surface area contributed by atoms with Gasteiger partial charge in [-0.2, -0.15) is 0 Å². The maximum Gasteiger partial charge on any atom is 0.312 e. The number of likely N-dealkylation sites (tertiary alicyclic amines) is 1. The molecule has 1 N–H and O–H groups in total. The Balaban J connectivity index is 2.13. The SMILES string of the molecule is C=CCCCOC(=O)[C@H]1[C@H]2C(=O)N([C@@H](CO)C(C)C)C(C(=O)N(CC=C)C(C)(C)C)C23CC[C@]1(CC)O3. The number of nitrogens with zero attached hydrogens (tertiary/aromatic N) is 2. The largest absolute Gasteiger partial charge is 0.465 e. The molecule has 2 bridgehead atoms. The highest BCUT2D eigenvalue weighted by atomic mass is 16.6. The Labute approximate surface area is 222 Å². The van der Waals surface area contributed by atoms with Crippen molar-refractivity contribution in [1.82, 2.24) is 9.80 Å². The van der Waals surface area contributed by atoms with Crippen LogP contribution in [0.1, 0.15) is 73.6 Å². The van der Waals surface area contributed by atoms with Crippen LogP contribution in [0.3, 0.4) is 0 Å². The van der Waals surface area contributed by atoms with Gasteiger partial charge in [0.25, 0.3) is 0 Å². The van der Waals surface area contributed by atoms with Crippen molar-refractivity contribution >= 4 is 17.8 Å². The van der Waals surface area contributed by atoms with Crippen LogP contribution in [0, 0.1) is 17.8 Å². The lowest BCUT2D eigenvalue weighted by atomic mass is 9.65. The van der Waals surface area contributed by atoms with Crippen LogP contribution in [0.5, 0.6) is 0 Å². The van der Waals surface area contributed by atoms with Crippen molar-refractivity contribution in [3.8, 4) is 0 Å². The molecule has 3 rings (SSSR count). The number of carbonyl (C=O) groups excluding carboxylic acids is 3. The average Bonchev–Trinajstić information content (AvgIpc) is 3.43. The van der Waals surface area contributed by atoms with E-state index in [-0.39, 0.29) is 30.9 Å². The van der Waals surface area contributed by atoms with Gasteiger partial charge in [-0.15, -0.1) is 13.2 Å². The number of fused-ring (bicyclic) bond motifs is 1. The highest BCUT2D eigenvalue weighted by molar-refractivity contribution is 5.99. The van der Waals surface area contributed by atoms with E-state index in [1.54, 1.807) is 22.0 Å². The summed E-state index contributed by atoms with van der Waals surface area (Å²) in [5.74, 6) is -2.72. The number of aliphatic hydroxyl groups is 1. The van der Waals surface area contributed by atoms with Crippen LogP contribution in [0.2, 0.25) is 0 Å². The number of unbranched alkanes of at least 4 members (excludes halogenated alkanes) is 1. The van der Waals surface area contributed by atoms with Crippen LogP contribution >= 0.6 is 0 Å². The number of amides is 2. The van der Waals surface area contributed by atoms with Gasteiger partial charge in [-0.3, -0.25) is 14.4 Å². The smallest absolute Gasteiger partial charge is 0.312 e. The quantitative estimate of drug-likeness (QED) is 0.241. The topological polar surface area (TPSA) is 96.4 Å². The fourth-order valence-electron chi connectivity index (χ4n) is 6.73. The van der Waals surface area contributed by atoms with Crippen LogP contribution in [-0.4, -0.2) is 81.3 Å². The molecule has 0 aromatic heterocycles. The molecule has 6 atom stereocenters. The molecule has 1 spiro atoms. The Morgan fingerprint density at radius 2 is 1.95 bits per heavy atom. The molecule has 0 aromatic rings.